The first-order valence-electron chi connectivity index (χ1n) is 36.8. The van der Waals surface area contributed by atoms with Gasteiger partial charge in [0.25, 0.3) is 0 Å². The van der Waals surface area contributed by atoms with Crippen LogP contribution in [0.5, 0.6) is 0 Å². The van der Waals surface area contributed by atoms with Crippen LogP contribution in [-0.2, 0) is 12.3 Å². The average molecular weight is 1450 g/mol. The summed E-state index contributed by atoms with van der Waals surface area (Å²) in [5, 5.41) is 6.98. The van der Waals surface area contributed by atoms with Gasteiger partial charge in [0.1, 0.15) is 0 Å². The Morgan fingerprint density at radius 2 is 0.479 bits per heavy atom. The van der Waals surface area contributed by atoms with E-state index in [0.29, 0.717) is 59.9 Å². The molecule has 0 atom stereocenters. The average Bonchev–Trinajstić information content (AvgIpc) is 0.947. The van der Waals surface area contributed by atoms with E-state index in [-0.39, 0.29) is 44.8 Å². The summed E-state index contributed by atoms with van der Waals surface area (Å²) in [4.78, 5) is 0. The fourth-order valence-electron chi connectivity index (χ4n) is 11.4. The van der Waals surface area contributed by atoms with Crippen LogP contribution in [0.2, 0.25) is 0 Å². The van der Waals surface area contributed by atoms with Crippen molar-refractivity contribution in [2.24, 2.45) is 11.8 Å². The Labute approximate surface area is 604 Å². The van der Waals surface area contributed by atoms with E-state index in [0.717, 1.165) is 23.2 Å². The van der Waals surface area contributed by atoms with Crippen LogP contribution in [0.1, 0.15) is 274 Å². The second-order valence-corrected chi connectivity index (χ2v) is 62.6. The second-order valence-electron chi connectivity index (χ2n) is 34.9. The standard InChI is InChI=1S/C18H23P.C16H19P.C12H27P.C10H23P.3C8H19P.C6H15P/c1-18(2,3)19(14-16-10-6-4-7-11-16)15-17-12-8-5-9-13-17;1-16(2,3)17(14-10-6-4-7-11-14)15-12-8-5-9-13-15;1-10(2)8-13(9-11(3)4)12(5,6)7;1-8(2)11(9(3)4)10(5,6)7;3*1-6-9(7-2)8(3,4)5;1-6(2,3)7(4)5/h4-13H,14-15H2,1-3H3;4-13H,1-3H3;10-11H,8-9H2,1-7H3;8-9H,1-7H3;3*6-7H2,1-5H3;1-5H3. The molecular weight excluding hydrogens is 1280 g/mol. The Kier molecular flexibility index (Phi) is 53.4. The van der Waals surface area contributed by atoms with Gasteiger partial charge in [0, 0.05) is 0 Å². The lowest BCUT2D eigenvalue weighted by atomic mass is 10.2. The van der Waals surface area contributed by atoms with Crippen LogP contribution in [0.15, 0.2) is 121 Å². The topological polar surface area (TPSA) is 0 Å². The summed E-state index contributed by atoms with van der Waals surface area (Å²) in [6.45, 7) is 93.8. The highest BCUT2D eigenvalue weighted by Crippen LogP contribution is 2.58. The Balaban J connectivity index is -0.000000504. The highest BCUT2D eigenvalue weighted by molar-refractivity contribution is 7.74. The van der Waals surface area contributed by atoms with E-state index in [4.69, 9.17) is 0 Å². The van der Waals surface area contributed by atoms with Gasteiger partial charge >= 0.3 is 0 Å². The van der Waals surface area contributed by atoms with Gasteiger partial charge in [0.05, 0.1) is 0 Å². The van der Waals surface area contributed by atoms with Crippen molar-refractivity contribution in [3.8, 4) is 0 Å². The van der Waals surface area contributed by atoms with Crippen molar-refractivity contribution >= 4 is 74.0 Å². The zero-order valence-electron chi connectivity index (χ0n) is 70.5. The number of hydrogen-bond donors (Lipinski definition) is 0. The Bertz CT molecular complexity index is 2180. The number of rotatable bonds is 18. The summed E-state index contributed by atoms with van der Waals surface area (Å²) >= 11 is 0. The van der Waals surface area contributed by atoms with Gasteiger partial charge in [-0.3, -0.25) is 0 Å². The molecule has 0 saturated heterocycles. The van der Waals surface area contributed by atoms with Gasteiger partial charge in [-0.1, -0.05) is 400 Å². The molecular formula is C86H164P8. The van der Waals surface area contributed by atoms with Crippen LogP contribution >= 0.6 is 63.4 Å². The number of benzene rings is 4. The first-order chi connectivity index (χ1) is 42.6. The van der Waals surface area contributed by atoms with Crippen LogP contribution in [-0.4, -0.2) is 115 Å². The van der Waals surface area contributed by atoms with Crippen molar-refractivity contribution in [3.05, 3.63) is 132 Å². The molecule has 0 fully saturated rings. The lowest BCUT2D eigenvalue weighted by molar-refractivity contribution is 0.684. The summed E-state index contributed by atoms with van der Waals surface area (Å²) in [6.07, 6.45) is 13.6. The van der Waals surface area contributed by atoms with Crippen molar-refractivity contribution in [1.82, 2.24) is 0 Å². The fraction of sp³-hybridized carbons (Fsp3) is 0.721. The maximum atomic E-state index is 2.41. The molecule has 0 aromatic heterocycles. The van der Waals surface area contributed by atoms with E-state index >= 15 is 0 Å². The molecule has 0 unspecified atom stereocenters. The zero-order valence-corrected chi connectivity index (χ0v) is 77.7. The molecule has 0 N–H and O–H groups in total. The predicted molar refractivity (Wildman–Crippen MR) is 471 cm³/mol. The molecule has 0 spiro atoms. The normalized spacial score (nSPS) is 12.6. The molecule has 0 aliphatic carbocycles. The van der Waals surface area contributed by atoms with E-state index in [2.05, 4.69) is 398 Å². The van der Waals surface area contributed by atoms with E-state index in [1.165, 1.54) is 83.4 Å². The smallest absolute Gasteiger partial charge is 0.00654 e. The Morgan fingerprint density at radius 3 is 0.606 bits per heavy atom. The minimum atomic E-state index is -0.292. The van der Waals surface area contributed by atoms with Crippen molar-refractivity contribution < 1.29 is 0 Å². The molecule has 4 rings (SSSR count). The third-order valence-corrected chi connectivity index (χ3v) is 43.9. The highest BCUT2D eigenvalue weighted by Gasteiger charge is 2.31. The molecule has 548 valence electrons. The van der Waals surface area contributed by atoms with Gasteiger partial charge in [-0.2, -0.15) is 0 Å². The van der Waals surface area contributed by atoms with Crippen LogP contribution < -0.4 is 10.6 Å². The van der Waals surface area contributed by atoms with Crippen LogP contribution in [0.4, 0.5) is 0 Å². The van der Waals surface area contributed by atoms with E-state index < -0.39 is 0 Å². The lowest BCUT2D eigenvalue weighted by Crippen LogP contribution is -2.26. The molecule has 0 aliphatic heterocycles. The summed E-state index contributed by atoms with van der Waals surface area (Å²) in [6, 6.07) is 43.6. The maximum absolute atomic E-state index is 2.41. The predicted octanol–water partition coefficient (Wildman–Crippen LogP) is 30.7. The molecule has 4 aromatic rings. The largest absolute Gasteiger partial charge is 0.108 e. The van der Waals surface area contributed by atoms with Gasteiger partial charge in [-0.25, -0.2) is 0 Å². The third-order valence-electron chi connectivity index (χ3n) is 16.6. The Morgan fingerprint density at radius 1 is 0.266 bits per heavy atom. The quantitative estimate of drug-likeness (QED) is 0.0871. The Hall–Kier alpha value is 0.320. The molecule has 0 bridgehead atoms. The molecule has 0 heterocycles. The molecule has 0 saturated carbocycles. The van der Waals surface area contributed by atoms with Gasteiger partial charge < -0.3 is 0 Å². The van der Waals surface area contributed by atoms with Crippen molar-refractivity contribution in [1.29, 1.82) is 0 Å². The van der Waals surface area contributed by atoms with Crippen LogP contribution in [0.3, 0.4) is 0 Å². The SMILES string of the molecule is CC(C)(C)P(Cc1ccccc1)Cc1ccccc1.CC(C)(C)P(c1ccccc1)c1ccccc1.CC(C)CP(CC(C)C)C(C)(C)C.CC(C)P(C(C)C)C(C)(C)C.CCP(CC)C(C)(C)C.CCP(CC)C(C)(C)C.CCP(CC)C(C)(C)C.CP(C)C(C)(C)C. The lowest BCUT2D eigenvalue weighted by Gasteiger charge is -2.38. The second kappa shape index (κ2) is 49.8. The summed E-state index contributed by atoms with van der Waals surface area (Å²) < 4.78 is 0. The van der Waals surface area contributed by atoms with Crippen LogP contribution in [0, 0.1) is 11.8 Å². The van der Waals surface area contributed by atoms with Gasteiger partial charge in [-0.05, 0) is 169 Å². The minimum Gasteiger partial charge on any atom is -0.108 e. The van der Waals surface area contributed by atoms with E-state index in [1.807, 2.05) is 0 Å². The highest BCUT2D eigenvalue weighted by atomic mass is 31.1. The maximum Gasteiger partial charge on any atom is -0.00654 e. The molecule has 0 amide bonds. The summed E-state index contributed by atoms with van der Waals surface area (Å²) in [5.41, 5.74) is 4.67. The van der Waals surface area contributed by atoms with E-state index in [1.54, 1.807) is 0 Å². The summed E-state index contributed by atoms with van der Waals surface area (Å²) in [5.74, 6) is 1.73. The fourth-order valence-corrected chi connectivity index (χ4v) is 30.9. The van der Waals surface area contributed by atoms with Gasteiger partial charge in [-0.15, -0.1) is 39.6 Å². The molecule has 0 radical (unpaired) electrons. The zero-order chi connectivity index (χ0) is 74.5. The van der Waals surface area contributed by atoms with Crippen molar-refractivity contribution in [2.45, 2.75) is 328 Å². The van der Waals surface area contributed by atoms with Crippen LogP contribution in [0.25, 0.3) is 0 Å². The molecule has 8 heteroatoms. The van der Waals surface area contributed by atoms with Crippen molar-refractivity contribution in [2.75, 3.05) is 62.6 Å². The minimum absolute atomic E-state index is 0.0543. The third kappa shape index (κ3) is 49.8. The van der Waals surface area contributed by atoms with Crippen molar-refractivity contribution in [3.63, 3.8) is 0 Å². The van der Waals surface area contributed by atoms with Gasteiger partial charge in [0.2, 0.25) is 0 Å². The molecule has 4 aromatic carbocycles. The number of hydrogen-bond acceptors (Lipinski definition) is 0. The first-order valence-corrected chi connectivity index (χ1v) is 50.5. The monoisotopic (exact) mass is 1450 g/mol. The first kappa shape index (κ1) is 101. The summed E-state index contributed by atoms with van der Waals surface area (Å²) in [7, 11) is 1.22. The molecule has 0 aliphatic rings. The van der Waals surface area contributed by atoms with Gasteiger partial charge in [0.15, 0.2) is 0 Å². The molecule has 0 nitrogen and oxygen atoms in total. The molecule has 94 heavy (non-hydrogen) atoms. The van der Waals surface area contributed by atoms with E-state index in [9.17, 15) is 0 Å².